The molecule has 1 aliphatic heterocycles. The summed E-state index contributed by atoms with van der Waals surface area (Å²) in [5.74, 6) is 0. The minimum atomic E-state index is 0.994. The lowest BCUT2D eigenvalue weighted by atomic mass is 9.94. The number of anilines is 3. The lowest BCUT2D eigenvalue weighted by molar-refractivity contribution is 1.09. The molecule has 0 aliphatic carbocycles. The summed E-state index contributed by atoms with van der Waals surface area (Å²) >= 11 is 0. The maximum absolute atomic E-state index is 2.41. The fourth-order valence-electron chi connectivity index (χ4n) is 3.75. The molecule has 24 heavy (non-hydrogen) atoms. The topological polar surface area (TPSA) is 3.24 Å². The summed E-state index contributed by atoms with van der Waals surface area (Å²) in [6.07, 6.45) is 0.994. The van der Waals surface area contributed by atoms with Crippen molar-refractivity contribution in [2.75, 3.05) is 4.90 Å². The minimum Gasteiger partial charge on any atom is -0.309 e. The highest BCUT2D eigenvalue weighted by Crippen LogP contribution is 2.45. The van der Waals surface area contributed by atoms with Gasteiger partial charge in [0, 0.05) is 23.2 Å². The van der Waals surface area contributed by atoms with Crippen LogP contribution in [0.25, 0.3) is 10.8 Å². The maximum Gasteiger partial charge on any atom is 0.0540 e. The fourth-order valence-corrected chi connectivity index (χ4v) is 3.75. The van der Waals surface area contributed by atoms with Crippen LogP contribution in [-0.2, 0) is 6.42 Å². The molecule has 5 rings (SSSR count). The summed E-state index contributed by atoms with van der Waals surface area (Å²) in [6, 6.07) is 32.6. The van der Waals surface area contributed by atoms with Crippen molar-refractivity contribution in [3.8, 4) is 0 Å². The van der Waals surface area contributed by atoms with Gasteiger partial charge < -0.3 is 4.90 Å². The number of hydrogen-bond acceptors (Lipinski definition) is 1. The highest BCUT2D eigenvalue weighted by Gasteiger charge is 2.24. The largest absolute Gasteiger partial charge is 0.309 e. The van der Waals surface area contributed by atoms with Crippen molar-refractivity contribution in [2.45, 2.75) is 6.42 Å². The molecule has 0 saturated carbocycles. The lowest BCUT2D eigenvalue weighted by Gasteiger charge is -2.34. The van der Waals surface area contributed by atoms with E-state index in [2.05, 4.69) is 95.9 Å². The van der Waals surface area contributed by atoms with Gasteiger partial charge in [-0.3, -0.25) is 0 Å². The number of benzene rings is 4. The van der Waals surface area contributed by atoms with Gasteiger partial charge in [-0.2, -0.15) is 0 Å². The lowest BCUT2D eigenvalue weighted by Crippen LogP contribution is -2.18. The van der Waals surface area contributed by atoms with Crippen molar-refractivity contribution in [1.29, 1.82) is 0 Å². The normalized spacial score (nSPS) is 12.8. The Balaban J connectivity index is 1.84. The maximum atomic E-state index is 2.41. The first-order valence-electron chi connectivity index (χ1n) is 8.35. The number of rotatable bonds is 1. The van der Waals surface area contributed by atoms with Gasteiger partial charge in [-0.05, 0) is 34.7 Å². The summed E-state index contributed by atoms with van der Waals surface area (Å²) in [4.78, 5) is 2.41. The first kappa shape index (κ1) is 13.4. The van der Waals surface area contributed by atoms with Gasteiger partial charge in [0.2, 0.25) is 0 Å². The highest BCUT2D eigenvalue weighted by molar-refractivity contribution is 6.00. The van der Waals surface area contributed by atoms with Crippen LogP contribution in [0.1, 0.15) is 11.1 Å². The number of nitrogens with zero attached hydrogens (tertiary/aromatic N) is 1. The smallest absolute Gasteiger partial charge is 0.0540 e. The molecule has 1 heterocycles. The molecular formula is C23H17N. The summed E-state index contributed by atoms with van der Waals surface area (Å²) in [5.41, 5.74) is 6.57. The molecular weight excluding hydrogens is 290 g/mol. The van der Waals surface area contributed by atoms with E-state index in [1.807, 2.05) is 0 Å². The van der Waals surface area contributed by atoms with Crippen LogP contribution in [0.2, 0.25) is 0 Å². The summed E-state index contributed by atoms with van der Waals surface area (Å²) in [7, 11) is 0. The molecule has 0 unspecified atom stereocenters. The van der Waals surface area contributed by atoms with Gasteiger partial charge in [0.05, 0.1) is 5.69 Å². The van der Waals surface area contributed by atoms with E-state index in [4.69, 9.17) is 0 Å². The van der Waals surface area contributed by atoms with Crippen LogP contribution in [0.3, 0.4) is 0 Å². The Morgan fingerprint density at radius 1 is 0.500 bits per heavy atom. The second kappa shape index (κ2) is 5.24. The van der Waals surface area contributed by atoms with E-state index in [0.29, 0.717) is 0 Å². The Labute approximate surface area is 141 Å². The summed E-state index contributed by atoms with van der Waals surface area (Å²) in [6.45, 7) is 0. The third-order valence-electron chi connectivity index (χ3n) is 4.85. The molecule has 1 aliphatic rings. The van der Waals surface area contributed by atoms with Gasteiger partial charge in [-0.1, -0.05) is 72.8 Å². The van der Waals surface area contributed by atoms with E-state index < -0.39 is 0 Å². The van der Waals surface area contributed by atoms with E-state index in [0.717, 1.165) is 6.42 Å². The van der Waals surface area contributed by atoms with Crippen molar-refractivity contribution in [2.24, 2.45) is 0 Å². The monoisotopic (exact) mass is 307 g/mol. The molecule has 0 saturated heterocycles. The quantitative estimate of drug-likeness (QED) is 0.355. The molecule has 0 amide bonds. The Hall–Kier alpha value is -3.06. The summed E-state index contributed by atoms with van der Waals surface area (Å²) in [5, 5.41) is 2.56. The van der Waals surface area contributed by atoms with Gasteiger partial charge in [0.1, 0.15) is 0 Å². The minimum absolute atomic E-state index is 0.994. The molecule has 1 nitrogen and oxygen atoms in total. The van der Waals surface area contributed by atoms with Crippen LogP contribution < -0.4 is 4.90 Å². The zero-order valence-corrected chi connectivity index (χ0v) is 13.3. The molecule has 0 fully saturated rings. The molecule has 0 radical (unpaired) electrons. The van der Waals surface area contributed by atoms with E-state index in [1.165, 1.54) is 39.0 Å². The molecule has 0 bridgehead atoms. The van der Waals surface area contributed by atoms with Gasteiger partial charge in [0.15, 0.2) is 0 Å². The van der Waals surface area contributed by atoms with Crippen molar-refractivity contribution in [3.63, 3.8) is 0 Å². The first-order chi connectivity index (χ1) is 11.9. The van der Waals surface area contributed by atoms with Gasteiger partial charge in [-0.15, -0.1) is 0 Å². The van der Waals surface area contributed by atoms with Crippen LogP contribution in [0.5, 0.6) is 0 Å². The molecule has 1 heteroatoms. The van der Waals surface area contributed by atoms with Crippen LogP contribution in [0.15, 0.2) is 91.0 Å². The standard InChI is InChI=1S/C23H17N/c1-4-12-20-17(8-1)11-7-15-23(20)24-21-13-5-2-9-18(21)16-19-10-3-6-14-22(19)24/h1-15H,16H2. The summed E-state index contributed by atoms with van der Waals surface area (Å²) < 4.78 is 0. The predicted molar refractivity (Wildman–Crippen MR) is 101 cm³/mol. The Morgan fingerprint density at radius 3 is 1.79 bits per heavy atom. The second-order valence-electron chi connectivity index (χ2n) is 6.27. The van der Waals surface area contributed by atoms with Gasteiger partial charge in [-0.25, -0.2) is 0 Å². The Morgan fingerprint density at radius 2 is 1.04 bits per heavy atom. The molecule has 4 aromatic rings. The SMILES string of the molecule is c1ccc2c(c1)Cc1ccccc1N2c1cccc2ccccc12. The van der Waals surface area contributed by atoms with Crippen LogP contribution in [-0.4, -0.2) is 0 Å². The number of para-hydroxylation sites is 2. The number of fused-ring (bicyclic) bond motifs is 3. The third kappa shape index (κ3) is 1.95. The van der Waals surface area contributed by atoms with Gasteiger partial charge >= 0.3 is 0 Å². The van der Waals surface area contributed by atoms with E-state index >= 15 is 0 Å². The van der Waals surface area contributed by atoms with E-state index in [9.17, 15) is 0 Å². The third-order valence-corrected chi connectivity index (χ3v) is 4.85. The van der Waals surface area contributed by atoms with Crippen molar-refractivity contribution < 1.29 is 0 Å². The van der Waals surface area contributed by atoms with E-state index in [1.54, 1.807) is 0 Å². The van der Waals surface area contributed by atoms with E-state index in [-0.39, 0.29) is 0 Å². The molecule has 0 spiro atoms. The number of hydrogen-bond donors (Lipinski definition) is 0. The van der Waals surface area contributed by atoms with Crippen molar-refractivity contribution >= 4 is 27.8 Å². The first-order valence-corrected chi connectivity index (χ1v) is 8.35. The second-order valence-corrected chi connectivity index (χ2v) is 6.27. The molecule has 0 N–H and O–H groups in total. The molecule has 0 atom stereocenters. The average Bonchev–Trinajstić information content (AvgIpc) is 2.66. The highest BCUT2D eigenvalue weighted by atomic mass is 15.2. The molecule has 114 valence electrons. The average molecular weight is 307 g/mol. The van der Waals surface area contributed by atoms with Crippen LogP contribution >= 0.6 is 0 Å². The molecule has 0 aromatic heterocycles. The van der Waals surface area contributed by atoms with Crippen molar-refractivity contribution in [1.82, 2.24) is 0 Å². The van der Waals surface area contributed by atoms with Crippen LogP contribution in [0, 0.1) is 0 Å². The predicted octanol–water partition coefficient (Wildman–Crippen LogP) is 6.21. The molecule has 4 aromatic carbocycles. The van der Waals surface area contributed by atoms with Crippen LogP contribution in [0.4, 0.5) is 17.1 Å². The zero-order valence-electron chi connectivity index (χ0n) is 13.3. The fraction of sp³-hybridized carbons (Fsp3) is 0.0435. The van der Waals surface area contributed by atoms with Gasteiger partial charge in [0.25, 0.3) is 0 Å². The van der Waals surface area contributed by atoms with Crippen molar-refractivity contribution in [3.05, 3.63) is 102 Å². The Bertz CT molecular complexity index is 998. The zero-order chi connectivity index (χ0) is 15.9. The Kier molecular flexibility index (Phi) is 2.92.